The zero-order chi connectivity index (χ0) is 24.9. The number of carbonyl (C=O) groups is 1. The van der Waals surface area contributed by atoms with Gasteiger partial charge in [0.25, 0.3) is 5.56 Å². The molecule has 6 nitrogen and oxygen atoms in total. The fraction of sp³-hybridized carbons (Fsp3) is 0.222. The molecule has 8 heteroatoms. The number of para-hydroxylation sites is 1. The van der Waals surface area contributed by atoms with Gasteiger partial charge in [-0.1, -0.05) is 48.2 Å². The van der Waals surface area contributed by atoms with Gasteiger partial charge >= 0.3 is 0 Å². The molecular formula is C27H26FN3O3S. The average molecular weight is 492 g/mol. The highest BCUT2D eigenvalue weighted by Crippen LogP contribution is 2.25. The summed E-state index contributed by atoms with van der Waals surface area (Å²) in [5, 5.41) is 3.42. The molecule has 0 aliphatic heterocycles. The summed E-state index contributed by atoms with van der Waals surface area (Å²) in [5.41, 5.74) is 2.13. The molecule has 3 aromatic carbocycles. The van der Waals surface area contributed by atoms with E-state index in [0.29, 0.717) is 22.6 Å². The number of nitrogens with zero attached hydrogens (tertiary/aromatic N) is 2. The number of aromatic nitrogens is 2. The average Bonchev–Trinajstić information content (AvgIpc) is 2.87. The van der Waals surface area contributed by atoms with Crippen LogP contribution in [0.3, 0.4) is 0 Å². The first kappa shape index (κ1) is 24.5. The maximum atomic E-state index is 13.4. The minimum Gasteiger partial charge on any atom is -0.497 e. The van der Waals surface area contributed by atoms with Crippen LogP contribution in [0.5, 0.6) is 5.75 Å². The Morgan fingerprint density at radius 3 is 2.43 bits per heavy atom. The van der Waals surface area contributed by atoms with Crippen molar-refractivity contribution in [1.82, 2.24) is 14.9 Å². The van der Waals surface area contributed by atoms with Crippen LogP contribution in [0.15, 0.2) is 82.7 Å². The van der Waals surface area contributed by atoms with Crippen molar-refractivity contribution < 1.29 is 13.9 Å². The number of thioether (sulfide) groups is 1. The molecule has 0 spiro atoms. The zero-order valence-electron chi connectivity index (χ0n) is 19.7. The monoisotopic (exact) mass is 491 g/mol. The number of halogens is 1. The van der Waals surface area contributed by atoms with Crippen LogP contribution < -0.4 is 15.6 Å². The molecule has 1 aromatic heterocycles. The van der Waals surface area contributed by atoms with Crippen LogP contribution in [0.4, 0.5) is 4.39 Å². The number of hydrogen-bond donors (Lipinski definition) is 1. The second kappa shape index (κ2) is 10.7. The largest absolute Gasteiger partial charge is 0.497 e. The highest BCUT2D eigenvalue weighted by atomic mass is 32.2. The number of carbonyl (C=O) groups excluding carboxylic acids is 1. The second-order valence-electron chi connectivity index (χ2n) is 8.19. The third-order valence-electron chi connectivity index (χ3n) is 5.71. The lowest BCUT2D eigenvalue weighted by atomic mass is 10.1. The molecule has 0 radical (unpaired) electrons. The standard InChI is InChI=1S/C27H26FN3O3S/c1-17(20-10-12-21(28)13-11-20)29-25(32)18(2)35-27-30-24-7-5-4-6-23(24)26(33)31(27)16-19-8-14-22(34-3)15-9-19/h4-15,17-18H,16H2,1-3H3,(H,29,32)/t17-,18+/m1/s1. The molecular weight excluding hydrogens is 465 g/mol. The Morgan fingerprint density at radius 2 is 1.74 bits per heavy atom. The van der Waals surface area contributed by atoms with E-state index < -0.39 is 5.25 Å². The van der Waals surface area contributed by atoms with E-state index in [4.69, 9.17) is 9.72 Å². The molecule has 2 atom stereocenters. The number of nitrogens with one attached hydrogen (secondary N) is 1. The van der Waals surface area contributed by atoms with Crippen molar-refractivity contribution in [2.45, 2.75) is 36.8 Å². The molecule has 1 N–H and O–H groups in total. The second-order valence-corrected chi connectivity index (χ2v) is 9.50. The zero-order valence-corrected chi connectivity index (χ0v) is 20.5. The Hall–Kier alpha value is -3.65. The highest BCUT2D eigenvalue weighted by molar-refractivity contribution is 8.00. The molecule has 0 bridgehead atoms. The number of benzene rings is 3. The molecule has 0 saturated heterocycles. The number of amides is 1. The van der Waals surface area contributed by atoms with Gasteiger partial charge in [0.1, 0.15) is 11.6 Å². The lowest BCUT2D eigenvalue weighted by molar-refractivity contribution is -0.120. The summed E-state index contributed by atoms with van der Waals surface area (Å²) in [6, 6.07) is 20.4. The van der Waals surface area contributed by atoms with Crippen LogP contribution in [0.1, 0.15) is 31.0 Å². The van der Waals surface area contributed by atoms with Gasteiger partial charge in [-0.3, -0.25) is 14.2 Å². The topological polar surface area (TPSA) is 73.2 Å². The van der Waals surface area contributed by atoms with Crippen molar-refractivity contribution in [3.63, 3.8) is 0 Å². The summed E-state index contributed by atoms with van der Waals surface area (Å²) < 4.78 is 20.1. The molecule has 0 unspecified atom stereocenters. The van der Waals surface area contributed by atoms with Gasteiger partial charge < -0.3 is 10.1 Å². The van der Waals surface area contributed by atoms with Gasteiger partial charge in [-0.05, 0) is 61.4 Å². The van der Waals surface area contributed by atoms with Gasteiger partial charge in [-0.15, -0.1) is 0 Å². The Morgan fingerprint density at radius 1 is 1.06 bits per heavy atom. The van der Waals surface area contributed by atoms with Crippen LogP contribution in [0.25, 0.3) is 10.9 Å². The molecule has 0 fully saturated rings. The molecule has 0 saturated carbocycles. The van der Waals surface area contributed by atoms with E-state index in [2.05, 4.69) is 5.32 Å². The predicted molar refractivity (Wildman–Crippen MR) is 136 cm³/mol. The van der Waals surface area contributed by atoms with E-state index in [1.165, 1.54) is 23.9 Å². The smallest absolute Gasteiger partial charge is 0.262 e. The predicted octanol–water partition coefficient (Wildman–Crippen LogP) is 4.95. The minimum atomic E-state index is -0.520. The Balaban J connectivity index is 1.60. The summed E-state index contributed by atoms with van der Waals surface area (Å²) in [6.45, 7) is 3.93. The van der Waals surface area contributed by atoms with Gasteiger partial charge in [0.05, 0.1) is 35.8 Å². The Bertz CT molecular complexity index is 1390. The summed E-state index contributed by atoms with van der Waals surface area (Å²) in [4.78, 5) is 31.0. The normalized spacial score (nSPS) is 12.8. The first-order valence-electron chi connectivity index (χ1n) is 11.2. The Labute approximate surface area is 207 Å². The first-order valence-corrected chi connectivity index (χ1v) is 12.1. The Kier molecular flexibility index (Phi) is 7.51. The molecule has 180 valence electrons. The van der Waals surface area contributed by atoms with Gasteiger partial charge in [-0.2, -0.15) is 0 Å². The third-order valence-corrected chi connectivity index (χ3v) is 6.80. The maximum absolute atomic E-state index is 13.4. The van der Waals surface area contributed by atoms with Crippen LogP contribution >= 0.6 is 11.8 Å². The summed E-state index contributed by atoms with van der Waals surface area (Å²) in [7, 11) is 1.60. The van der Waals surface area contributed by atoms with Gasteiger partial charge in [0.15, 0.2) is 5.16 Å². The van der Waals surface area contributed by atoms with Crippen molar-refractivity contribution in [1.29, 1.82) is 0 Å². The van der Waals surface area contributed by atoms with Crippen LogP contribution in [0.2, 0.25) is 0 Å². The molecule has 0 aliphatic rings. The van der Waals surface area contributed by atoms with E-state index in [9.17, 15) is 14.0 Å². The number of hydrogen-bond acceptors (Lipinski definition) is 5. The third kappa shape index (κ3) is 5.71. The number of fused-ring (bicyclic) bond motifs is 1. The van der Waals surface area contributed by atoms with E-state index in [-0.39, 0.29) is 23.3 Å². The van der Waals surface area contributed by atoms with Gasteiger partial charge in [0.2, 0.25) is 5.91 Å². The van der Waals surface area contributed by atoms with Crippen LogP contribution in [-0.2, 0) is 11.3 Å². The highest BCUT2D eigenvalue weighted by Gasteiger charge is 2.21. The van der Waals surface area contributed by atoms with E-state index in [1.807, 2.05) is 43.3 Å². The molecule has 4 aromatic rings. The van der Waals surface area contributed by atoms with Crippen molar-refractivity contribution in [2.24, 2.45) is 0 Å². The van der Waals surface area contributed by atoms with E-state index >= 15 is 0 Å². The minimum absolute atomic E-state index is 0.166. The lowest BCUT2D eigenvalue weighted by Crippen LogP contribution is -2.34. The molecule has 0 aliphatic carbocycles. The van der Waals surface area contributed by atoms with Crippen molar-refractivity contribution in [2.75, 3.05) is 7.11 Å². The van der Waals surface area contributed by atoms with Gasteiger partial charge in [-0.25, -0.2) is 9.37 Å². The summed E-state index contributed by atoms with van der Waals surface area (Å²) in [5.74, 6) is 0.200. The SMILES string of the molecule is COc1ccc(Cn2c(S[C@@H](C)C(=O)N[C@H](C)c3ccc(F)cc3)nc3ccccc3c2=O)cc1. The number of rotatable bonds is 8. The molecule has 1 heterocycles. The first-order chi connectivity index (χ1) is 16.9. The molecule has 4 rings (SSSR count). The quantitative estimate of drug-likeness (QED) is 0.279. The van der Waals surface area contributed by atoms with Crippen LogP contribution in [-0.4, -0.2) is 27.8 Å². The number of ether oxygens (including phenoxy) is 1. The number of methoxy groups -OCH3 is 1. The molecule has 1 amide bonds. The van der Waals surface area contributed by atoms with Crippen LogP contribution in [0, 0.1) is 5.82 Å². The van der Waals surface area contributed by atoms with Crippen molar-refractivity contribution in [3.05, 3.63) is 100 Å². The lowest BCUT2D eigenvalue weighted by Gasteiger charge is -2.19. The van der Waals surface area contributed by atoms with E-state index in [1.54, 1.807) is 42.9 Å². The fourth-order valence-electron chi connectivity index (χ4n) is 3.67. The molecule has 35 heavy (non-hydrogen) atoms. The summed E-state index contributed by atoms with van der Waals surface area (Å²) in [6.07, 6.45) is 0. The summed E-state index contributed by atoms with van der Waals surface area (Å²) >= 11 is 1.23. The van der Waals surface area contributed by atoms with Crippen molar-refractivity contribution in [3.8, 4) is 5.75 Å². The van der Waals surface area contributed by atoms with E-state index in [0.717, 1.165) is 16.9 Å². The fourth-order valence-corrected chi connectivity index (χ4v) is 4.58. The maximum Gasteiger partial charge on any atom is 0.262 e. The van der Waals surface area contributed by atoms with Crippen molar-refractivity contribution >= 4 is 28.6 Å². The van der Waals surface area contributed by atoms with Gasteiger partial charge in [0, 0.05) is 0 Å².